The van der Waals surface area contributed by atoms with E-state index < -0.39 is 23.1 Å². The average Bonchev–Trinajstić information content (AvgIpc) is 2.50. The minimum Gasteiger partial charge on any atom is -0.396 e. The van der Waals surface area contributed by atoms with Gasteiger partial charge in [-0.05, 0) is 36.4 Å². The molecule has 0 aliphatic rings. The van der Waals surface area contributed by atoms with Crippen LogP contribution in [0.2, 0.25) is 0 Å². The summed E-state index contributed by atoms with van der Waals surface area (Å²) in [4.78, 5) is 13.3. The molecule has 2 aromatic rings. The molecule has 2 aromatic carbocycles. The van der Waals surface area contributed by atoms with Crippen molar-refractivity contribution in [1.82, 2.24) is 0 Å². The van der Waals surface area contributed by atoms with Gasteiger partial charge in [0.05, 0.1) is 17.3 Å². The van der Waals surface area contributed by atoms with Gasteiger partial charge in [0.15, 0.2) is 5.82 Å². The van der Waals surface area contributed by atoms with Crippen LogP contribution in [0.3, 0.4) is 0 Å². The van der Waals surface area contributed by atoms with Crippen molar-refractivity contribution >= 4 is 17.3 Å². The summed E-state index contributed by atoms with van der Waals surface area (Å²) < 4.78 is 27.5. The van der Waals surface area contributed by atoms with Crippen LogP contribution in [0.4, 0.5) is 20.2 Å². The number of nitrogens with two attached hydrogens (primary N) is 1. The second kappa shape index (κ2) is 5.59. The minimum atomic E-state index is -1.08. The van der Waals surface area contributed by atoms with Crippen molar-refractivity contribution in [3.63, 3.8) is 0 Å². The maximum absolute atomic E-state index is 13.9. The number of anilines is 2. The second-order valence-corrected chi connectivity index (χ2v) is 4.35. The number of nitrogen functional groups attached to an aromatic ring is 1. The molecule has 0 aliphatic heterocycles. The number of hydrogen-bond acceptors (Lipinski definition) is 3. The Labute approximate surface area is 120 Å². The van der Waals surface area contributed by atoms with Gasteiger partial charge in [0, 0.05) is 12.7 Å². The number of halogens is 2. The Kier molecular flexibility index (Phi) is 3.85. The van der Waals surface area contributed by atoms with Gasteiger partial charge < -0.3 is 10.6 Å². The Morgan fingerprint density at radius 2 is 1.81 bits per heavy atom. The summed E-state index contributed by atoms with van der Waals surface area (Å²) in [5, 5.41) is 8.71. The first-order valence-corrected chi connectivity index (χ1v) is 5.97. The first-order valence-electron chi connectivity index (χ1n) is 5.97. The zero-order valence-corrected chi connectivity index (χ0v) is 11.1. The van der Waals surface area contributed by atoms with Crippen LogP contribution in [0.25, 0.3) is 0 Å². The Morgan fingerprint density at radius 3 is 2.38 bits per heavy atom. The van der Waals surface area contributed by atoms with Crippen LogP contribution in [-0.2, 0) is 0 Å². The van der Waals surface area contributed by atoms with Gasteiger partial charge >= 0.3 is 0 Å². The summed E-state index contributed by atoms with van der Waals surface area (Å²) in [5.41, 5.74) is 5.17. The van der Waals surface area contributed by atoms with E-state index in [-0.39, 0.29) is 5.69 Å². The van der Waals surface area contributed by atoms with Gasteiger partial charge in [-0.2, -0.15) is 5.26 Å². The topological polar surface area (TPSA) is 70.1 Å². The van der Waals surface area contributed by atoms with Crippen molar-refractivity contribution in [1.29, 1.82) is 5.26 Å². The number of nitriles is 1. The number of carbonyl (C=O) groups excluding carboxylic acids is 1. The highest BCUT2D eigenvalue weighted by atomic mass is 19.1. The normalized spacial score (nSPS) is 10.0. The van der Waals surface area contributed by atoms with Crippen LogP contribution in [0.1, 0.15) is 15.9 Å². The molecule has 0 spiro atoms. The van der Waals surface area contributed by atoms with Crippen molar-refractivity contribution in [2.45, 2.75) is 0 Å². The Hall–Kier alpha value is -2.94. The fraction of sp³-hybridized carbons (Fsp3) is 0.0667. The summed E-state index contributed by atoms with van der Waals surface area (Å²) in [7, 11) is 1.38. The summed E-state index contributed by atoms with van der Waals surface area (Å²) in [6.45, 7) is 0. The Morgan fingerprint density at radius 1 is 1.19 bits per heavy atom. The highest BCUT2D eigenvalue weighted by Crippen LogP contribution is 2.23. The van der Waals surface area contributed by atoms with E-state index in [2.05, 4.69) is 0 Å². The van der Waals surface area contributed by atoms with Crippen LogP contribution < -0.4 is 10.6 Å². The number of rotatable bonds is 2. The zero-order chi connectivity index (χ0) is 15.6. The largest absolute Gasteiger partial charge is 0.396 e. The molecule has 0 radical (unpaired) electrons. The zero-order valence-electron chi connectivity index (χ0n) is 11.1. The SMILES string of the molecule is CN(C(=O)c1c(F)ccc(N)c1F)c1ccc(C#N)cc1. The molecule has 0 saturated carbocycles. The highest BCUT2D eigenvalue weighted by molar-refractivity contribution is 6.06. The summed E-state index contributed by atoms with van der Waals surface area (Å²) in [5.74, 6) is -2.92. The Bertz CT molecular complexity index is 736. The number of nitrogens with zero attached hydrogens (tertiary/aromatic N) is 2. The second-order valence-electron chi connectivity index (χ2n) is 4.35. The van der Waals surface area contributed by atoms with Gasteiger partial charge in [0.2, 0.25) is 0 Å². The lowest BCUT2D eigenvalue weighted by atomic mass is 10.1. The quantitative estimate of drug-likeness (QED) is 0.863. The van der Waals surface area contributed by atoms with Gasteiger partial charge in [-0.15, -0.1) is 0 Å². The molecule has 0 aliphatic carbocycles. The third-order valence-electron chi connectivity index (χ3n) is 3.02. The van der Waals surface area contributed by atoms with Crippen LogP contribution in [0.15, 0.2) is 36.4 Å². The van der Waals surface area contributed by atoms with Crippen molar-refractivity contribution in [2.75, 3.05) is 17.7 Å². The molecule has 0 heterocycles. The molecule has 0 unspecified atom stereocenters. The average molecular weight is 287 g/mol. The van der Waals surface area contributed by atoms with Crippen molar-refractivity contribution < 1.29 is 13.6 Å². The first-order chi connectivity index (χ1) is 9.95. The van der Waals surface area contributed by atoms with Crippen molar-refractivity contribution in [3.05, 3.63) is 59.2 Å². The molecule has 21 heavy (non-hydrogen) atoms. The number of amides is 1. The lowest BCUT2D eigenvalue weighted by Crippen LogP contribution is -2.28. The van der Waals surface area contributed by atoms with Gasteiger partial charge in [0.25, 0.3) is 5.91 Å². The summed E-state index contributed by atoms with van der Waals surface area (Å²) in [6.07, 6.45) is 0. The van der Waals surface area contributed by atoms with Crippen LogP contribution in [0.5, 0.6) is 0 Å². The maximum atomic E-state index is 13.9. The molecule has 2 rings (SSSR count). The monoisotopic (exact) mass is 287 g/mol. The van der Waals surface area contributed by atoms with Gasteiger partial charge in [-0.25, -0.2) is 8.78 Å². The standard InChI is InChI=1S/C15H11F2N3O/c1-20(10-4-2-9(8-18)3-5-10)15(21)13-11(16)6-7-12(19)14(13)17/h2-7H,19H2,1H3. The smallest absolute Gasteiger partial charge is 0.264 e. The first kappa shape index (κ1) is 14.5. The third kappa shape index (κ3) is 2.67. The van der Waals surface area contributed by atoms with Gasteiger partial charge in [-0.3, -0.25) is 4.79 Å². The van der Waals surface area contributed by atoms with E-state index in [4.69, 9.17) is 11.0 Å². The van der Waals surface area contributed by atoms with E-state index in [1.807, 2.05) is 6.07 Å². The molecule has 0 bridgehead atoms. The van der Waals surface area contributed by atoms with Crippen molar-refractivity contribution in [3.8, 4) is 6.07 Å². The lowest BCUT2D eigenvalue weighted by Gasteiger charge is -2.18. The van der Waals surface area contributed by atoms with E-state index in [0.29, 0.717) is 11.3 Å². The fourth-order valence-corrected chi connectivity index (χ4v) is 1.81. The molecule has 0 fully saturated rings. The molecule has 0 saturated heterocycles. The van der Waals surface area contributed by atoms with E-state index >= 15 is 0 Å². The predicted octanol–water partition coefficient (Wildman–Crippen LogP) is 2.70. The summed E-state index contributed by atoms with van der Waals surface area (Å²) >= 11 is 0. The van der Waals surface area contributed by atoms with Gasteiger partial charge in [-0.1, -0.05) is 0 Å². The number of hydrogen-bond donors (Lipinski definition) is 1. The molecule has 2 N–H and O–H groups in total. The third-order valence-corrected chi connectivity index (χ3v) is 3.02. The molecule has 0 atom stereocenters. The molecule has 6 heteroatoms. The Balaban J connectivity index is 2.40. The van der Waals surface area contributed by atoms with Crippen LogP contribution >= 0.6 is 0 Å². The summed E-state index contributed by atoms with van der Waals surface area (Å²) in [6, 6.07) is 9.98. The van der Waals surface area contributed by atoms with Gasteiger partial charge in [0.1, 0.15) is 11.4 Å². The molecule has 1 amide bonds. The molecular weight excluding hydrogens is 276 g/mol. The van der Waals surface area contributed by atoms with Crippen LogP contribution in [0, 0.1) is 23.0 Å². The van der Waals surface area contributed by atoms with E-state index in [0.717, 1.165) is 17.0 Å². The number of carbonyl (C=O) groups is 1. The van der Waals surface area contributed by atoms with E-state index in [9.17, 15) is 13.6 Å². The van der Waals surface area contributed by atoms with Crippen LogP contribution in [-0.4, -0.2) is 13.0 Å². The molecule has 4 nitrogen and oxygen atoms in total. The molecule has 0 aromatic heterocycles. The lowest BCUT2D eigenvalue weighted by molar-refractivity contribution is 0.0985. The maximum Gasteiger partial charge on any atom is 0.264 e. The van der Waals surface area contributed by atoms with Crippen molar-refractivity contribution in [2.24, 2.45) is 0 Å². The fourth-order valence-electron chi connectivity index (χ4n) is 1.81. The van der Waals surface area contributed by atoms with E-state index in [1.54, 1.807) is 0 Å². The predicted molar refractivity (Wildman–Crippen MR) is 74.7 cm³/mol. The molecular formula is C15H11F2N3O. The highest BCUT2D eigenvalue weighted by Gasteiger charge is 2.23. The molecule has 106 valence electrons. The van der Waals surface area contributed by atoms with E-state index in [1.165, 1.54) is 31.3 Å². The number of benzene rings is 2. The minimum absolute atomic E-state index is 0.298.